The van der Waals surface area contributed by atoms with Gasteiger partial charge in [-0.1, -0.05) is 54.6 Å². The fraction of sp³-hybridized carbons (Fsp3) is 0.0526. The second-order valence-corrected chi connectivity index (χ2v) is 13.1. The third-order valence-corrected chi connectivity index (χ3v) is 11.0. The van der Waals surface area contributed by atoms with E-state index < -0.39 is 10.5 Å². The summed E-state index contributed by atoms with van der Waals surface area (Å²) in [5, 5.41) is 2.94. The summed E-state index contributed by atoms with van der Waals surface area (Å²) in [4.78, 5) is 0. The predicted octanol–water partition coefficient (Wildman–Crippen LogP) is 2.36. The van der Waals surface area contributed by atoms with E-state index in [-0.39, 0.29) is 17.0 Å². The average molecular weight is 533 g/mol. The molecule has 0 unspecified atom stereocenters. The lowest BCUT2D eigenvalue weighted by Gasteiger charge is -2.32. The molecule has 0 aliphatic carbocycles. The third kappa shape index (κ3) is 3.53. The van der Waals surface area contributed by atoms with Crippen LogP contribution in [0.5, 0.6) is 0 Å². The standard InChI is InChI=1S/C19H15Br2FP.BrH/c20-19(21,22)23(16-10-4-1-5-11-16,17-12-6-2-7-13-17)18-14-8-3-9-15-18;/h1-15H;1H/q+1;/p-1. The van der Waals surface area contributed by atoms with Crippen LogP contribution in [0.2, 0.25) is 0 Å². The molecular weight excluding hydrogens is 518 g/mol. The number of rotatable bonds is 4. The molecule has 0 nitrogen and oxygen atoms in total. The van der Waals surface area contributed by atoms with Crippen molar-refractivity contribution in [3.8, 4) is 0 Å². The minimum absolute atomic E-state index is 0. The van der Waals surface area contributed by atoms with Crippen molar-refractivity contribution in [3.63, 3.8) is 0 Å². The molecule has 0 spiro atoms. The first kappa shape index (κ1) is 19.8. The van der Waals surface area contributed by atoms with Crippen molar-refractivity contribution in [3.05, 3.63) is 91.0 Å². The smallest absolute Gasteiger partial charge is 0.335 e. The van der Waals surface area contributed by atoms with Crippen LogP contribution in [-0.2, 0) is 0 Å². The van der Waals surface area contributed by atoms with Crippen LogP contribution in [0.25, 0.3) is 0 Å². The number of hydrogen-bond donors (Lipinski definition) is 0. The Morgan fingerprint density at radius 2 is 0.833 bits per heavy atom. The van der Waals surface area contributed by atoms with Crippen molar-refractivity contribution in [1.82, 2.24) is 0 Å². The topological polar surface area (TPSA) is 0 Å². The molecule has 3 rings (SSSR count). The highest BCUT2D eigenvalue weighted by atomic mass is 79.9. The minimum atomic E-state index is -2.57. The van der Waals surface area contributed by atoms with Gasteiger partial charge in [0.2, 0.25) is 0 Å². The molecule has 0 amide bonds. The number of alkyl halides is 3. The summed E-state index contributed by atoms with van der Waals surface area (Å²) in [6.07, 6.45) is 0. The van der Waals surface area contributed by atoms with Crippen molar-refractivity contribution in [2.24, 2.45) is 0 Å². The predicted molar refractivity (Wildman–Crippen MR) is 107 cm³/mol. The molecule has 24 heavy (non-hydrogen) atoms. The van der Waals surface area contributed by atoms with Gasteiger partial charge in [-0.3, -0.25) is 0 Å². The van der Waals surface area contributed by atoms with Crippen LogP contribution in [0.15, 0.2) is 91.0 Å². The fourth-order valence-corrected chi connectivity index (χ4v) is 10.2. The molecule has 0 aliphatic rings. The maximum atomic E-state index is 15.6. The Bertz CT molecular complexity index is 662. The third-order valence-electron chi connectivity index (χ3n) is 3.81. The molecule has 0 fully saturated rings. The molecule has 0 saturated carbocycles. The Morgan fingerprint density at radius 3 is 1.04 bits per heavy atom. The second-order valence-electron chi connectivity index (χ2n) is 5.15. The molecule has 3 aromatic carbocycles. The zero-order valence-electron chi connectivity index (χ0n) is 12.6. The summed E-state index contributed by atoms with van der Waals surface area (Å²) in [5.74, 6) is 0. The quantitative estimate of drug-likeness (QED) is 0.357. The SMILES string of the molecule is FC(Br)(Br)[P+](c1ccccc1)(c1ccccc1)c1ccccc1.[Br-]. The molecule has 0 atom stereocenters. The van der Waals surface area contributed by atoms with E-state index in [1.807, 2.05) is 91.0 Å². The van der Waals surface area contributed by atoms with Gasteiger partial charge in [0.25, 0.3) is 0 Å². The molecule has 0 radical (unpaired) electrons. The number of benzene rings is 3. The van der Waals surface area contributed by atoms with Gasteiger partial charge in [-0.15, -0.1) is 0 Å². The van der Waals surface area contributed by atoms with Gasteiger partial charge >= 0.3 is 3.23 Å². The molecular formula is C19H15Br3FP. The normalized spacial score (nSPS) is 11.6. The zero-order chi connectivity index (χ0) is 16.3. The Balaban J connectivity index is 0.00000208. The molecule has 0 saturated heterocycles. The monoisotopic (exact) mass is 530 g/mol. The van der Waals surface area contributed by atoms with E-state index in [0.29, 0.717) is 0 Å². The van der Waals surface area contributed by atoms with Crippen LogP contribution >= 0.6 is 39.1 Å². The Labute approximate surface area is 169 Å². The van der Waals surface area contributed by atoms with Gasteiger partial charge in [0.15, 0.2) is 7.26 Å². The van der Waals surface area contributed by atoms with Crippen molar-refractivity contribution in [2.75, 3.05) is 0 Å². The Morgan fingerprint density at radius 1 is 0.583 bits per heavy atom. The van der Waals surface area contributed by atoms with Gasteiger partial charge in [-0.25, -0.2) is 0 Å². The first-order valence-corrected chi connectivity index (χ1v) is 10.6. The van der Waals surface area contributed by atoms with Crippen molar-refractivity contribution in [1.29, 1.82) is 0 Å². The van der Waals surface area contributed by atoms with Gasteiger partial charge in [-0.05, 0) is 36.4 Å². The van der Waals surface area contributed by atoms with E-state index in [1.54, 1.807) is 0 Å². The lowest BCUT2D eigenvalue weighted by molar-refractivity contribution is -0.00000473. The van der Waals surface area contributed by atoms with E-state index in [4.69, 9.17) is 0 Å². The fourth-order valence-electron chi connectivity index (χ4n) is 2.84. The largest absolute Gasteiger partial charge is 1.00 e. The number of halogens is 4. The van der Waals surface area contributed by atoms with Crippen LogP contribution in [0.3, 0.4) is 0 Å². The highest BCUT2D eigenvalue weighted by molar-refractivity contribution is 9.27. The van der Waals surface area contributed by atoms with E-state index >= 15 is 4.39 Å². The molecule has 3 aromatic rings. The molecule has 5 heteroatoms. The average Bonchev–Trinajstić information content (AvgIpc) is 2.57. The van der Waals surface area contributed by atoms with Crippen LogP contribution in [0.1, 0.15) is 0 Å². The maximum Gasteiger partial charge on any atom is 0.335 e. The van der Waals surface area contributed by atoms with Gasteiger partial charge in [0.1, 0.15) is 15.9 Å². The molecule has 0 heterocycles. The van der Waals surface area contributed by atoms with Crippen LogP contribution in [-0.4, -0.2) is 3.23 Å². The van der Waals surface area contributed by atoms with Crippen molar-refractivity contribution < 1.29 is 21.4 Å². The number of hydrogen-bond acceptors (Lipinski definition) is 0. The highest BCUT2D eigenvalue weighted by Crippen LogP contribution is 2.71. The molecule has 124 valence electrons. The summed E-state index contributed by atoms with van der Waals surface area (Å²) in [6, 6.07) is 29.7. The van der Waals surface area contributed by atoms with Gasteiger partial charge in [0.05, 0.1) is 0 Å². The second kappa shape index (κ2) is 8.23. The molecule has 0 aliphatic heterocycles. The molecule has 0 aromatic heterocycles. The first-order chi connectivity index (χ1) is 11.1. The summed E-state index contributed by atoms with van der Waals surface area (Å²) >= 11 is 6.62. The lowest BCUT2D eigenvalue weighted by Crippen LogP contribution is -3.00. The van der Waals surface area contributed by atoms with Crippen LogP contribution in [0, 0.1) is 0 Å². The van der Waals surface area contributed by atoms with Crippen molar-refractivity contribution in [2.45, 2.75) is 3.23 Å². The molecule has 0 bridgehead atoms. The summed E-state index contributed by atoms with van der Waals surface area (Å²) in [5.41, 5.74) is 0. The van der Waals surface area contributed by atoms with E-state index in [2.05, 4.69) is 31.9 Å². The van der Waals surface area contributed by atoms with E-state index in [0.717, 1.165) is 15.9 Å². The first-order valence-electron chi connectivity index (χ1n) is 7.19. The summed E-state index contributed by atoms with van der Waals surface area (Å²) in [7, 11) is -2.57. The van der Waals surface area contributed by atoms with E-state index in [9.17, 15) is 0 Å². The van der Waals surface area contributed by atoms with Gasteiger partial charge < -0.3 is 17.0 Å². The Hall–Kier alpha value is -0.540. The van der Waals surface area contributed by atoms with E-state index in [1.165, 1.54) is 0 Å². The molecule has 0 N–H and O–H groups in total. The lowest BCUT2D eigenvalue weighted by atomic mass is 10.4. The summed E-state index contributed by atoms with van der Waals surface area (Å²) in [6.45, 7) is 0. The maximum absolute atomic E-state index is 15.6. The minimum Gasteiger partial charge on any atom is -1.00 e. The van der Waals surface area contributed by atoms with Crippen molar-refractivity contribution >= 4 is 55.0 Å². The zero-order valence-corrected chi connectivity index (χ0v) is 18.3. The van der Waals surface area contributed by atoms with Crippen LogP contribution in [0.4, 0.5) is 4.39 Å². The summed E-state index contributed by atoms with van der Waals surface area (Å²) < 4.78 is 13.9. The van der Waals surface area contributed by atoms with Gasteiger partial charge in [-0.2, -0.15) is 4.39 Å². The van der Waals surface area contributed by atoms with Gasteiger partial charge in [0, 0.05) is 31.9 Å². The Kier molecular flexibility index (Phi) is 6.78. The highest BCUT2D eigenvalue weighted by Gasteiger charge is 2.62. The van der Waals surface area contributed by atoms with Crippen LogP contribution < -0.4 is 32.9 Å².